The van der Waals surface area contributed by atoms with E-state index in [0.717, 1.165) is 40.2 Å². The SMILES string of the molecule is COC(=O)c1cccc2nc(-c3cccc(C45CC6CC(CC(C6)C4)C5)c3)[nH]c12. The summed E-state index contributed by atoms with van der Waals surface area (Å²) in [6.07, 6.45) is 8.44. The number of aromatic nitrogens is 2. The summed E-state index contributed by atoms with van der Waals surface area (Å²) in [5.74, 6) is 3.27. The molecular formula is C25H26N2O2. The van der Waals surface area contributed by atoms with Crippen molar-refractivity contribution in [2.45, 2.75) is 43.9 Å². The molecule has 1 aromatic heterocycles. The first kappa shape index (κ1) is 17.3. The molecule has 0 radical (unpaired) electrons. The second-order valence-electron chi connectivity index (χ2n) is 9.56. The molecule has 0 aliphatic heterocycles. The molecule has 4 aliphatic rings. The molecule has 4 bridgehead atoms. The minimum Gasteiger partial charge on any atom is -0.465 e. The van der Waals surface area contributed by atoms with Gasteiger partial charge in [0.05, 0.1) is 23.7 Å². The molecule has 4 saturated carbocycles. The average Bonchev–Trinajstić information content (AvgIpc) is 3.17. The molecule has 4 fully saturated rings. The molecule has 0 saturated heterocycles. The van der Waals surface area contributed by atoms with Gasteiger partial charge < -0.3 is 9.72 Å². The van der Waals surface area contributed by atoms with Crippen LogP contribution in [-0.2, 0) is 10.2 Å². The van der Waals surface area contributed by atoms with E-state index in [9.17, 15) is 4.79 Å². The number of fused-ring (bicyclic) bond motifs is 1. The molecule has 4 aliphatic carbocycles. The van der Waals surface area contributed by atoms with Gasteiger partial charge in [0.25, 0.3) is 0 Å². The lowest BCUT2D eigenvalue weighted by Gasteiger charge is -2.57. The average molecular weight is 386 g/mol. The van der Waals surface area contributed by atoms with Gasteiger partial charge in [-0.3, -0.25) is 0 Å². The predicted octanol–water partition coefficient (Wildman–Crippen LogP) is 5.48. The van der Waals surface area contributed by atoms with E-state index in [4.69, 9.17) is 9.72 Å². The molecule has 0 atom stereocenters. The number of methoxy groups -OCH3 is 1. The number of carbonyl (C=O) groups is 1. The molecule has 2 aromatic carbocycles. The molecule has 0 unspecified atom stereocenters. The van der Waals surface area contributed by atoms with Gasteiger partial charge in [-0.25, -0.2) is 9.78 Å². The molecule has 7 rings (SSSR count). The van der Waals surface area contributed by atoms with Crippen LogP contribution in [0.15, 0.2) is 42.5 Å². The molecular weight excluding hydrogens is 360 g/mol. The number of para-hydroxylation sites is 1. The third-order valence-corrected chi connectivity index (χ3v) is 7.71. The minimum absolute atomic E-state index is 0.340. The van der Waals surface area contributed by atoms with Crippen molar-refractivity contribution in [3.63, 3.8) is 0 Å². The van der Waals surface area contributed by atoms with E-state index in [1.165, 1.54) is 51.2 Å². The van der Waals surface area contributed by atoms with Crippen LogP contribution in [0.1, 0.15) is 54.4 Å². The Hall–Kier alpha value is -2.62. The van der Waals surface area contributed by atoms with Crippen LogP contribution in [0.25, 0.3) is 22.4 Å². The number of ether oxygens (including phenoxy) is 1. The number of hydrogen-bond donors (Lipinski definition) is 1. The first-order valence-corrected chi connectivity index (χ1v) is 10.8. The second kappa shape index (κ2) is 6.19. The van der Waals surface area contributed by atoms with Crippen molar-refractivity contribution < 1.29 is 9.53 Å². The van der Waals surface area contributed by atoms with Gasteiger partial charge in [0, 0.05) is 5.56 Å². The number of benzene rings is 2. The van der Waals surface area contributed by atoms with Crippen LogP contribution in [0.2, 0.25) is 0 Å². The zero-order chi connectivity index (χ0) is 19.6. The monoisotopic (exact) mass is 386 g/mol. The molecule has 29 heavy (non-hydrogen) atoms. The highest BCUT2D eigenvalue weighted by molar-refractivity contribution is 6.02. The number of H-pyrrole nitrogens is 1. The number of carbonyl (C=O) groups excluding carboxylic acids is 1. The molecule has 3 aromatic rings. The summed E-state index contributed by atoms with van der Waals surface area (Å²) < 4.78 is 4.93. The van der Waals surface area contributed by atoms with E-state index in [-0.39, 0.29) is 5.97 Å². The largest absolute Gasteiger partial charge is 0.465 e. The predicted molar refractivity (Wildman–Crippen MR) is 113 cm³/mol. The number of rotatable bonds is 3. The second-order valence-corrected chi connectivity index (χ2v) is 9.56. The van der Waals surface area contributed by atoms with Gasteiger partial charge in [0.2, 0.25) is 0 Å². The van der Waals surface area contributed by atoms with Crippen LogP contribution in [-0.4, -0.2) is 23.0 Å². The fourth-order valence-electron chi connectivity index (χ4n) is 6.91. The van der Waals surface area contributed by atoms with Crippen molar-refractivity contribution in [2.24, 2.45) is 17.8 Å². The van der Waals surface area contributed by atoms with E-state index in [0.29, 0.717) is 11.0 Å². The third-order valence-electron chi connectivity index (χ3n) is 7.71. The van der Waals surface area contributed by atoms with Gasteiger partial charge in [-0.2, -0.15) is 0 Å². The van der Waals surface area contributed by atoms with Crippen molar-refractivity contribution in [2.75, 3.05) is 7.11 Å². The van der Waals surface area contributed by atoms with E-state index >= 15 is 0 Å². The van der Waals surface area contributed by atoms with E-state index in [1.54, 1.807) is 6.07 Å². The summed E-state index contributed by atoms with van der Waals surface area (Å²) >= 11 is 0. The lowest BCUT2D eigenvalue weighted by atomic mass is 9.48. The van der Waals surface area contributed by atoms with E-state index in [2.05, 4.69) is 29.2 Å². The van der Waals surface area contributed by atoms with Crippen molar-refractivity contribution in [1.82, 2.24) is 9.97 Å². The van der Waals surface area contributed by atoms with Crippen LogP contribution in [0.5, 0.6) is 0 Å². The smallest absolute Gasteiger partial charge is 0.340 e. The van der Waals surface area contributed by atoms with Gasteiger partial charge in [-0.15, -0.1) is 0 Å². The maximum absolute atomic E-state index is 12.1. The lowest BCUT2D eigenvalue weighted by molar-refractivity contribution is -0.00517. The number of esters is 1. The summed E-state index contributed by atoms with van der Waals surface area (Å²) in [5, 5.41) is 0. The maximum atomic E-state index is 12.1. The summed E-state index contributed by atoms with van der Waals surface area (Å²) in [4.78, 5) is 20.3. The van der Waals surface area contributed by atoms with Crippen LogP contribution in [0, 0.1) is 17.8 Å². The summed E-state index contributed by atoms with van der Waals surface area (Å²) in [5.41, 5.74) is 5.03. The first-order valence-electron chi connectivity index (χ1n) is 10.8. The number of nitrogens with zero attached hydrogens (tertiary/aromatic N) is 1. The lowest BCUT2D eigenvalue weighted by Crippen LogP contribution is -2.48. The van der Waals surface area contributed by atoms with Crippen molar-refractivity contribution in [1.29, 1.82) is 0 Å². The summed E-state index contributed by atoms with van der Waals surface area (Å²) in [7, 11) is 1.41. The highest BCUT2D eigenvalue weighted by Gasteiger charge is 2.51. The third kappa shape index (κ3) is 2.65. The Bertz CT molecular complexity index is 1080. The van der Waals surface area contributed by atoms with Crippen molar-refractivity contribution in [3.8, 4) is 11.4 Å². The number of imidazole rings is 1. The summed E-state index contributed by atoms with van der Waals surface area (Å²) in [6, 6.07) is 14.6. The molecule has 1 N–H and O–H groups in total. The Morgan fingerprint density at radius 2 is 1.72 bits per heavy atom. The minimum atomic E-state index is -0.340. The zero-order valence-electron chi connectivity index (χ0n) is 16.8. The van der Waals surface area contributed by atoms with Gasteiger partial charge >= 0.3 is 5.97 Å². The fraction of sp³-hybridized carbons (Fsp3) is 0.440. The zero-order valence-corrected chi connectivity index (χ0v) is 16.8. The van der Waals surface area contributed by atoms with Gasteiger partial charge in [-0.1, -0.05) is 24.3 Å². The van der Waals surface area contributed by atoms with Crippen LogP contribution >= 0.6 is 0 Å². The Morgan fingerprint density at radius 3 is 2.41 bits per heavy atom. The topological polar surface area (TPSA) is 55.0 Å². The normalized spacial score (nSPS) is 30.0. The molecule has 1 heterocycles. The van der Waals surface area contributed by atoms with E-state index < -0.39 is 0 Å². The van der Waals surface area contributed by atoms with Gasteiger partial charge in [0.15, 0.2) is 0 Å². The van der Waals surface area contributed by atoms with Crippen LogP contribution in [0.4, 0.5) is 0 Å². The molecule has 0 amide bonds. The Kier molecular flexibility index (Phi) is 3.68. The van der Waals surface area contributed by atoms with Gasteiger partial charge in [-0.05, 0) is 85.5 Å². The molecule has 148 valence electrons. The number of nitrogens with one attached hydrogen (secondary N) is 1. The first-order chi connectivity index (χ1) is 14.1. The Balaban J connectivity index is 1.41. The number of aromatic amines is 1. The van der Waals surface area contributed by atoms with E-state index in [1.807, 2.05) is 12.1 Å². The Labute approximate surface area is 170 Å². The van der Waals surface area contributed by atoms with Crippen LogP contribution in [0.3, 0.4) is 0 Å². The maximum Gasteiger partial charge on any atom is 0.340 e. The molecule has 4 nitrogen and oxygen atoms in total. The number of hydrogen-bond acceptors (Lipinski definition) is 3. The fourth-order valence-corrected chi connectivity index (χ4v) is 6.91. The van der Waals surface area contributed by atoms with Crippen molar-refractivity contribution >= 4 is 17.0 Å². The Morgan fingerprint density at radius 1 is 1.03 bits per heavy atom. The highest BCUT2D eigenvalue weighted by Crippen LogP contribution is 2.60. The summed E-state index contributed by atoms with van der Waals surface area (Å²) in [6.45, 7) is 0. The van der Waals surface area contributed by atoms with Crippen molar-refractivity contribution in [3.05, 3.63) is 53.6 Å². The van der Waals surface area contributed by atoms with Gasteiger partial charge in [0.1, 0.15) is 5.82 Å². The standard InChI is InChI=1S/C25H26N2O2/c1-29-24(28)20-6-3-7-21-22(20)27-23(26-21)18-4-2-5-19(11-18)25-12-15-8-16(13-25)10-17(9-15)14-25/h2-7,11,15-17H,8-10,12-14H2,1H3,(H,26,27). The highest BCUT2D eigenvalue weighted by atomic mass is 16.5. The molecule has 0 spiro atoms. The van der Waals surface area contributed by atoms with Crippen LogP contribution < -0.4 is 0 Å². The molecule has 4 heteroatoms. The quantitative estimate of drug-likeness (QED) is 0.606.